The van der Waals surface area contributed by atoms with E-state index in [-0.39, 0.29) is 11.2 Å². The second kappa shape index (κ2) is 9.23. The largest absolute Gasteiger partial charge is 0.497 e. The van der Waals surface area contributed by atoms with Crippen LogP contribution in [0.15, 0.2) is 53.4 Å². The fourth-order valence-corrected chi connectivity index (χ4v) is 3.01. The summed E-state index contributed by atoms with van der Waals surface area (Å²) in [7, 11) is 1.64. The van der Waals surface area contributed by atoms with Gasteiger partial charge in [-0.3, -0.25) is 4.79 Å². The Balaban J connectivity index is 1.82. The maximum atomic E-state index is 12.2. The van der Waals surface area contributed by atoms with Gasteiger partial charge >= 0.3 is 0 Å². The molecule has 0 aliphatic carbocycles. The maximum Gasteiger partial charge on any atom is 0.233 e. The van der Waals surface area contributed by atoms with Gasteiger partial charge in [-0.15, -0.1) is 11.8 Å². The van der Waals surface area contributed by atoms with Crippen molar-refractivity contribution in [3.05, 3.63) is 54.1 Å². The Kier molecular flexibility index (Phi) is 7.00. The molecule has 0 bridgehead atoms. The third-order valence-electron chi connectivity index (χ3n) is 3.44. The molecule has 2 aromatic rings. The number of nitrogens with one attached hydrogen (secondary N) is 1. The van der Waals surface area contributed by atoms with Gasteiger partial charge in [0, 0.05) is 11.4 Å². The first kappa shape index (κ1) is 18.2. The Morgan fingerprint density at radius 3 is 2.29 bits per heavy atom. The van der Waals surface area contributed by atoms with Crippen molar-refractivity contribution in [2.75, 3.05) is 13.7 Å². The Hall–Kier alpha value is -2.14. The minimum atomic E-state index is -0.166. The van der Waals surface area contributed by atoms with Gasteiger partial charge in [-0.25, -0.2) is 0 Å². The van der Waals surface area contributed by atoms with E-state index < -0.39 is 0 Å². The first-order valence-electron chi connectivity index (χ1n) is 7.92. The molecule has 1 N–H and O–H groups in total. The van der Waals surface area contributed by atoms with Crippen LogP contribution >= 0.6 is 11.8 Å². The van der Waals surface area contributed by atoms with Gasteiger partial charge in [-0.1, -0.05) is 12.1 Å². The predicted octanol–water partition coefficient (Wildman–Crippen LogP) is 3.89. The third-order valence-corrected chi connectivity index (χ3v) is 4.55. The molecule has 0 saturated carbocycles. The minimum absolute atomic E-state index is 0.0182. The third kappa shape index (κ3) is 5.49. The van der Waals surface area contributed by atoms with E-state index in [1.165, 1.54) is 11.8 Å². The number of methoxy groups -OCH3 is 1. The molecule has 0 aliphatic heterocycles. The van der Waals surface area contributed by atoms with Crippen molar-refractivity contribution in [3.8, 4) is 11.5 Å². The molecule has 1 atom stereocenters. The Morgan fingerprint density at radius 1 is 1.08 bits per heavy atom. The molecule has 1 amide bonds. The first-order valence-corrected chi connectivity index (χ1v) is 8.80. The summed E-state index contributed by atoms with van der Waals surface area (Å²) in [5, 5.41) is 2.80. The number of hydrogen-bond donors (Lipinski definition) is 1. The van der Waals surface area contributed by atoms with Crippen molar-refractivity contribution in [2.45, 2.75) is 30.5 Å². The molecular weight excluding hydrogens is 322 g/mol. The Labute approximate surface area is 147 Å². The van der Waals surface area contributed by atoms with E-state index in [1.54, 1.807) is 7.11 Å². The van der Waals surface area contributed by atoms with Crippen LogP contribution < -0.4 is 14.8 Å². The summed E-state index contributed by atoms with van der Waals surface area (Å²) >= 11 is 1.53. The highest BCUT2D eigenvalue weighted by Crippen LogP contribution is 2.25. The lowest BCUT2D eigenvalue weighted by molar-refractivity contribution is -0.120. The van der Waals surface area contributed by atoms with Gasteiger partial charge in [-0.2, -0.15) is 0 Å². The molecule has 4 nitrogen and oxygen atoms in total. The van der Waals surface area contributed by atoms with Crippen LogP contribution in [-0.2, 0) is 11.3 Å². The van der Waals surface area contributed by atoms with Crippen LogP contribution in [0.2, 0.25) is 0 Å². The second-order valence-electron chi connectivity index (χ2n) is 5.23. The zero-order valence-corrected chi connectivity index (χ0v) is 15.1. The number of thioether (sulfide) groups is 1. The van der Waals surface area contributed by atoms with Gasteiger partial charge < -0.3 is 14.8 Å². The second-order valence-corrected chi connectivity index (χ2v) is 6.64. The molecule has 0 spiro atoms. The molecule has 2 aromatic carbocycles. The van der Waals surface area contributed by atoms with Crippen molar-refractivity contribution in [1.29, 1.82) is 0 Å². The van der Waals surface area contributed by atoms with Crippen LogP contribution in [0.5, 0.6) is 11.5 Å². The lowest BCUT2D eigenvalue weighted by Crippen LogP contribution is -2.30. The smallest absolute Gasteiger partial charge is 0.233 e. The van der Waals surface area contributed by atoms with Crippen molar-refractivity contribution in [1.82, 2.24) is 5.32 Å². The number of carbonyl (C=O) groups excluding carboxylic acids is 1. The van der Waals surface area contributed by atoms with Crippen molar-refractivity contribution in [2.24, 2.45) is 0 Å². The molecule has 0 radical (unpaired) electrons. The molecule has 24 heavy (non-hydrogen) atoms. The first-order chi connectivity index (χ1) is 11.6. The summed E-state index contributed by atoms with van der Waals surface area (Å²) < 4.78 is 10.5. The molecule has 2 rings (SSSR count). The maximum absolute atomic E-state index is 12.2. The van der Waals surface area contributed by atoms with E-state index in [0.29, 0.717) is 13.2 Å². The number of rotatable bonds is 8. The van der Waals surface area contributed by atoms with E-state index in [4.69, 9.17) is 9.47 Å². The molecule has 0 unspecified atom stereocenters. The quantitative estimate of drug-likeness (QED) is 0.737. The number of ether oxygens (including phenoxy) is 2. The number of benzene rings is 2. The molecule has 128 valence electrons. The summed E-state index contributed by atoms with van der Waals surface area (Å²) in [5.41, 5.74) is 1.05. The molecule has 0 aliphatic rings. The standard InChI is InChI=1S/C19H23NO3S/c1-4-23-17-7-5-15(6-8-17)13-20-19(21)14(2)24-18-11-9-16(22-3)10-12-18/h5-12,14H,4,13H2,1-3H3,(H,20,21)/t14-/m0/s1. The van der Waals surface area contributed by atoms with Gasteiger partial charge in [-0.05, 0) is 55.8 Å². The van der Waals surface area contributed by atoms with E-state index in [9.17, 15) is 4.79 Å². The topological polar surface area (TPSA) is 47.6 Å². The predicted molar refractivity (Wildman–Crippen MR) is 97.8 cm³/mol. The van der Waals surface area contributed by atoms with E-state index >= 15 is 0 Å². The fraction of sp³-hybridized carbons (Fsp3) is 0.316. The van der Waals surface area contributed by atoms with E-state index in [0.717, 1.165) is 22.0 Å². The summed E-state index contributed by atoms with van der Waals surface area (Å²) in [5.74, 6) is 1.67. The van der Waals surface area contributed by atoms with Gasteiger partial charge in [0.2, 0.25) is 5.91 Å². The van der Waals surface area contributed by atoms with E-state index in [1.807, 2.05) is 62.4 Å². The summed E-state index contributed by atoms with van der Waals surface area (Å²) in [4.78, 5) is 13.3. The number of amides is 1. The highest BCUT2D eigenvalue weighted by Gasteiger charge is 2.14. The molecule has 0 aromatic heterocycles. The lowest BCUT2D eigenvalue weighted by Gasteiger charge is -2.12. The minimum Gasteiger partial charge on any atom is -0.497 e. The average molecular weight is 345 g/mol. The molecule has 0 heterocycles. The van der Waals surface area contributed by atoms with Crippen LogP contribution in [0.4, 0.5) is 0 Å². The van der Waals surface area contributed by atoms with Gasteiger partial charge in [0.05, 0.1) is 19.0 Å². The average Bonchev–Trinajstić information content (AvgIpc) is 2.61. The van der Waals surface area contributed by atoms with Gasteiger partial charge in [0.25, 0.3) is 0 Å². The van der Waals surface area contributed by atoms with Crippen LogP contribution in [0.25, 0.3) is 0 Å². The van der Waals surface area contributed by atoms with Crippen molar-refractivity contribution < 1.29 is 14.3 Å². The summed E-state index contributed by atoms with van der Waals surface area (Å²) in [6, 6.07) is 15.5. The summed E-state index contributed by atoms with van der Waals surface area (Å²) in [6.45, 7) is 5.02. The molecule has 0 fully saturated rings. The highest BCUT2D eigenvalue weighted by molar-refractivity contribution is 8.00. The van der Waals surface area contributed by atoms with E-state index in [2.05, 4.69) is 5.32 Å². The van der Waals surface area contributed by atoms with Crippen molar-refractivity contribution >= 4 is 17.7 Å². The Bertz CT molecular complexity index is 641. The molecular formula is C19H23NO3S. The number of carbonyl (C=O) groups is 1. The normalized spacial score (nSPS) is 11.6. The van der Waals surface area contributed by atoms with Crippen LogP contribution in [0.1, 0.15) is 19.4 Å². The van der Waals surface area contributed by atoms with Gasteiger partial charge in [0.15, 0.2) is 0 Å². The SMILES string of the molecule is CCOc1ccc(CNC(=O)[C@H](C)Sc2ccc(OC)cc2)cc1. The van der Waals surface area contributed by atoms with Gasteiger partial charge in [0.1, 0.15) is 11.5 Å². The lowest BCUT2D eigenvalue weighted by atomic mass is 10.2. The molecule has 5 heteroatoms. The van der Waals surface area contributed by atoms with Crippen molar-refractivity contribution in [3.63, 3.8) is 0 Å². The summed E-state index contributed by atoms with van der Waals surface area (Å²) in [6.07, 6.45) is 0. The zero-order valence-electron chi connectivity index (χ0n) is 14.2. The molecule has 0 saturated heterocycles. The number of hydrogen-bond acceptors (Lipinski definition) is 4. The van der Waals surface area contributed by atoms with Crippen LogP contribution in [-0.4, -0.2) is 24.9 Å². The highest BCUT2D eigenvalue weighted by atomic mass is 32.2. The zero-order chi connectivity index (χ0) is 17.4. The Morgan fingerprint density at radius 2 is 1.71 bits per heavy atom. The van der Waals surface area contributed by atoms with Crippen LogP contribution in [0.3, 0.4) is 0 Å². The monoisotopic (exact) mass is 345 g/mol. The fourth-order valence-electron chi connectivity index (χ4n) is 2.12. The van der Waals surface area contributed by atoms with Crippen LogP contribution in [0, 0.1) is 0 Å².